The molecule has 0 radical (unpaired) electrons. The monoisotopic (exact) mass is 272 g/mol. The predicted octanol–water partition coefficient (Wildman–Crippen LogP) is 2.42. The van der Waals surface area contributed by atoms with E-state index in [9.17, 15) is 4.79 Å². The molecule has 0 saturated heterocycles. The van der Waals surface area contributed by atoms with Gasteiger partial charge in [-0.05, 0) is 24.1 Å². The van der Waals surface area contributed by atoms with Crippen LogP contribution in [0.1, 0.15) is 30.2 Å². The van der Waals surface area contributed by atoms with Crippen molar-refractivity contribution in [2.24, 2.45) is 5.73 Å². The summed E-state index contributed by atoms with van der Waals surface area (Å²) >= 11 is 0. The summed E-state index contributed by atoms with van der Waals surface area (Å²) in [6.45, 7) is 0.590. The number of hydrogen-bond donors (Lipinski definition) is 2. The Labute approximate surface area is 119 Å². The third kappa shape index (κ3) is 4.55. The Bertz CT molecular complexity index is 509. The summed E-state index contributed by atoms with van der Waals surface area (Å²) in [6, 6.07) is 13.5. The van der Waals surface area contributed by atoms with Crippen molar-refractivity contribution in [1.29, 1.82) is 0 Å². The van der Waals surface area contributed by atoms with Crippen LogP contribution in [-0.4, -0.2) is 12.5 Å². The zero-order valence-electron chi connectivity index (χ0n) is 11.4. The summed E-state index contributed by atoms with van der Waals surface area (Å²) in [5, 5.41) is 2.87. The second-order valence-corrected chi connectivity index (χ2v) is 4.74. The van der Waals surface area contributed by atoms with E-state index < -0.39 is 0 Å². The minimum absolute atomic E-state index is 0.0305. The van der Waals surface area contributed by atoms with Crippen molar-refractivity contribution in [3.8, 4) is 0 Å². The molecule has 1 atom stereocenters. The third-order valence-corrected chi connectivity index (χ3v) is 3.18. The van der Waals surface area contributed by atoms with Gasteiger partial charge in [-0.3, -0.25) is 4.79 Å². The third-order valence-electron chi connectivity index (χ3n) is 3.18. The van der Waals surface area contributed by atoms with Crippen LogP contribution in [0.5, 0.6) is 0 Å². The van der Waals surface area contributed by atoms with Gasteiger partial charge in [0.25, 0.3) is 0 Å². The van der Waals surface area contributed by atoms with Crippen LogP contribution in [0.2, 0.25) is 0 Å². The zero-order chi connectivity index (χ0) is 14.2. The Kier molecular flexibility index (Phi) is 5.38. The predicted molar refractivity (Wildman–Crippen MR) is 78.0 cm³/mol. The molecule has 4 nitrogen and oxygen atoms in total. The normalized spacial score (nSPS) is 12.1. The summed E-state index contributed by atoms with van der Waals surface area (Å²) in [6.07, 6.45) is 3.43. The van der Waals surface area contributed by atoms with Crippen LogP contribution in [-0.2, 0) is 11.2 Å². The largest absolute Gasteiger partial charge is 0.469 e. The first kappa shape index (κ1) is 14.3. The molecule has 4 heteroatoms. The SMILES string of the molecule is NC(CCC(=O)NCCc1ccco1)c1ccccc1. The van der Waals surface area contributed by atoms with Gasteiger partial charge < -0.3 is 15.5 Å². The van der Waals surface area contributed by atoms with Crippen molar-refractivity contribution in [1.82, 2.24) is 5.32 Å². The molecule has 1 heterocycles. The summed E-state index contributed by atoms with van der Waals surface area (Å²) in [5.41, 5.74) is 7.12. The molecule has 3 N–H and O–H groups in total. The molecule has 2 aromatic rings. The highest BCUT2D eigenvalue weighted by Gasteiger charge is 2.08. The Hall–Kier alpha value is -2.07. The van der Waals surface area contributed by atoms with E-state index in [-0.39, 0.29) is 11.9 Å². The molecule has 0 fully saturated rings. The zero-order valence-corrected chi connectivity index (χ0v) is 11.4. The maximum absolute atomic E-state index is 11.7. The molecule has 0 aliphatic carbocycles. The van der Waals surface area contributed by atoms with E-state index >= 15 is 0 Å². The molecule has 1 aromatic carbocycles. The van der Waals surface area contributed by atoms with E-state index in [4.69, 9.17) is 10.2 Å². The highest BCUT2D eigenvalue weighted by Crippen LogP contribution is 2.14. The van der Waals surface area contributed by atoms with Crippen molar-refractivity contribution in [2.75, 3.05) is 6.54 Å². The van der Waals surface area contributed by atoms with Crippen LogP contribution in [0.3, 0.4) is 0 Å². The molecular formula is C16H20N2O2. The van der Waals surface area contributed by atoms with Crippen LogP contribution in [0.25, 0.3) is 0 Å². The van der Waals surface area contributed by atoms with Crippen molar-refractivity contribution in [3.05, 3.63) is 60.1 Å². The Morgan fingerprint density at radius 3 is 2.70 bits per heavy atom. The van der Waals surface area contributed by atoms with Crippen LogP contribution in [0.15, 0.2) is 53.1 Å². The van der Waals surface area contributed by atoms with Gasteiger partial charge >= 0.3 is 0 Å². The van der Waals surface area contributed by atoms with Gasteiger partial charge in [-0.1, -0.05) is 30.3 Å². The number of benzene rings is 1. The summed E-state index contributed by atoms with van der Waals surface area (Å²) in [5.74, 6) is 0.911. The van der Waals surface area contributed by atoms with Gasteiger partial charge in [-0.15, -0.1) is 0 Å². The minimum atomic E-state index is -0.0907. The molecule has 2 rings (SSSR count). The van der Waals surface area contributed by atoms with E-state index in [1.54, 1.807) is 6.26 Å². The average molecular weight is 272 g/mol. The molecule has 1 amide bonds. The highest BCUT2D eigenvalue weighted by molar-refractivity contribution is 5.75. The Balaban J connectivity index is 1.65. The maximum Gasteiger partial charge on any atom is 0.220 e. The maximum atomic E-state index is 11.7. The molecule has 106 valence electrons. The van der Waals surface area contributed by atoms with Crippen LogP contribution < -0.4 is 11.1 Å². The van der Waals surface area contributed by atoms with Crippen molar-refractivity contribution in [3.63, 3.8) is 0 Å². The highest BCUT2D eigenvalue weighted by atomic mass is 16.3. The lowest BCUT2D eigenvalue weighted by Gasteiger charge is -2.11. The quantitative estimate of drug-likeness (QED) is 0.813. The average Bonchev–Trinajstić information content (AvgIpc) is 2.99. The number of carbonyl (C=O) groups excluding carboxylic acids is 1. The molecule has 1 aromatic heterocycles. The molecular weight excluding hydrogens is 252 g/mol. The second-order valence-electron chi connectivity index (χ2n) is 4.74. The second kappa shape index (κ2) is 7.50. The first-order chi connectivity index (χ1) is 9.75. The van der Waals surface area contributed by atoms with E-state index in [0.717, 1.165) is 11.3 Å². The number of amides is 1. The smallest absolute Gasteiger partial charge is 0.220 e. The number of nitrogens with one attached hydrogen (secondary N) is 1. The van der Waals surface area contributed by atoms with Gasteiger partial charge in [0, 0.05) is 25.4 Å². The van der Waals surface area contributed by atoms with Gasteiger partial charge in [0.15, 0.2) is 0 Å². The molecule has 20 heavy (non-hydrogen) atoms. The first-order valence-electron chi connectivity index (χ1n) is 6.85. The Morgan fingerprint density at radius 2 is 2.00 bits per heavy atom. The van der Waals surface area contributed by atoms with Crippen LogP contribution in [0.4, 0.5) is 0 Å². The molecule has 1 unspecified atom stereocenters. The fourth-order valence-corrected chi connectivity index (χ4v) is 2.02. The first-order valence-corrected chi connectivity index (χ1v) is 6.85. The van der Waals surface area contributed by atoms with Gasteiger partial charge in [0.05, 0.1) is 6.26 Å². The fourth-order valence-electron chi connectivity index (χ4n) is 2.02. The van der Waals surface area contributed by atoms with E-state index in [0.29, 0.717) is 25.8 Å². The minimum Gasteiger partial charge on any atom is -0.469 e. The van der Waals surface area contributed by atoms with Gasteiger partial charge in [-0.2, -0.15) is 0 Å². The van der Waals surface area contributed by atoms with E-state index in [1.807, 2.05) is 42.5 Å². The van der Waals surface area contributed by atoms with E-state index in [1.165, 1.54) is 0 Å². The topological polar surface area (TPSA) is 68.3 Å². The number of nitrogens with two attached hydrogens (primary N) is 1. The standard InChI is InChI=1S/C16H20N2O2/c17-15(13-5-2-1-3-6-13)8-9-16(19)18-11-10-14-7-4-12-20-14/h1-7,12,15H,8-11,17H2,(H,18,19). The number of hydrogen-bond acceptors (Lipinski definition) is 3. The van der Waals surface area contributed by atoms with Gasteiger partial charge in [0.2, 0.25) is 5.91 Å². The van der Waals surface area contributed by atoms with Gasteiger partial charge in [0.1, 0.15) is 5.76 Å². The number of furan rings is 1. The van der Waals surface area contributed by atoms with Crippen molar-refractivity contribution < 1.29 is 9.21 Å². The number of carbonyl (C=O) groups is 1. The number of rotatable bonds is 7. The van der Waals surface area contributed by atoms with Crippen LogP contribution >= 0.6 is 0 Å². The summed E-state index contributed by atoms with van der Waals surface area (Å²) < 4.78 is 5.20. The van der Waals surface area contributed by atoms with E-state index in [2.05, 4.69) is 5.32 Å². The molecule has 0 aliphatic rings. The van der Waals surface area contributed by atoms with Crippen molar-refractivity contribution in [2.45, 2.75) is 25.3 Å². The summed E-state index contributed by atoms with van der Waals surface area (Å²) in [4.78, 5) is 11.7. The molecule has 0 bridgehead atoms. The fraction of sp³-hybridized carbons (Fsp3) is 0.312. The molecule has 0 spiro atoms. The lowest BCUT2D eigenvalue weighted by atomic mass is 10.0. The Morgan fingerprint density at radius 1 is 1.20 bits per heavy atom. The molecule has 0 saturated carbocycles. The van der Waals surface area contributed by atoms with Crippen molar-refractivity contribution >= 4 is 5.91 Å². The summed E-state index contributed by atoms with van der Waals surface area (Å²) in [7, 11) is 0. The van der Waals surface area contributed by atoms with Gasteiger partial charge in [-0.25, -0.2) is 0 Å². The lowest BCUT2D eigenvalue weighted by molar-refractivity contribution is -0.121. The van der Waals surface area contributed by atoms with Crippen LogP contribution in [0, 0.1) is 0 Å². The molecule has 0 aliphatic heterocycles. The lowest BCUT2D eigenvalue weighted by Crippen LogP contribution is -2.26.